The smallest absolute Gasteiger partial charge is 0.257 e. The zero-order valence-corrected chi connectivity index (χ0v) is 11.6. The summed E-state index contributed by atoms with van der Waals surface area (Å²) in [5, 5.41) is 0. The molecule has 2 heterocycles. The maximum absolute atomic E-state index is 12.5. The van der Waals surface area contributed by atoms with Crippen molar-refractivity contribution < 1.29 is 4.79 Å². The summed E-state index contributed by atoms with van der Waals surface area (Å²) < 4.78 is 0. The quantitative estimate of drug-likeness (QED) is 0.646. The van der Waals surface area contributed by atoms with Crippen LogP contribution in [0.4, 0.5) is 5.69 Å². The highest BCUT2D eigenvalue weighted by Gasteiger charge is 2.31. The molecule has 1 aliphatic heterocycles. The monoisotopic (exact) mass is 262 g/mol. The summed E-state index contributed by atoms with van der Waals surface area (Å²) in [6.07, 6.45) is 6.47. The van der Waals surface area contributed by atoms with Crippen LogP contribution in [-0.2, 0) is 0 Å². The molecule has 0 radical (unpaired) electrons. The van der Waals surface area contributed by atoms with Crippen molar-refractivity contribution in [2.75, 3.05) is 18.5 Å². The van der Waals surface area contributed by atoms with Crippen molar-refractivity contribution in [2.45, 2.75) is 33.1 Å². The molecule has 1 aromatic heterocycles. The molecule has 3 N–H and O–H groups in total. The predicted octanol–water partition coefficient (Wildman–Crippen LogP) is 2.02. The molecule has 0 bridgehead atoms. The van der Waals surface area contributed by atoms with Gasteiger partial charge in [0.15, 0.2) is 0 Å². The lowest BCUT2D eigenvalue weighted by Crippen LogP contribution is -2.42. The van der Waals surface area contributed by atoms with E-state index in [0.29, 0.717) is 16.7 Å². The van der Waals surface area contributed by atoms with E-state index in [0.717, 1.165) is 32.4 Å². The molecular formula is C14H22N4O. The van der Waals surface area contributed by atoms with Crippen molar-refractivity contribution in [1.29, 1.82) is 0 Å². The highest BCUT2D eigenvalue weighted by Crippen LogP contribution is 2.34. The van der Waals surface area contributed by atoms with Gasteiger partial charge in [-0.1, -0.05) is 20.3 Å². The Morgan fingerprint density at radius 1 is 1.53 bits per heavy atom. The summed E-state index contributed by atoms with van der Waals surface area (Å²) in [5.74, 6) is 5.45. The molecule has 0 spiro atoms. The van der Waals surface area contributed by atoms with Gasteiger partial charge >= 0.3 is 0 Å². The summed E-state index contributed by atoms with van der Waals surface area (Å²) in [6.45, 7) is 6.13. The second kappa shape index (κ2) is 5.57. The van der Waals surface area contributed by atoms with Gasteiger partial charge in [0.1, 0.15) is 0 Å². The SMILES string of the molecule is CCC1(C)CCN(C(=O)c2cnccc2NN)CC1. The van der Waals surface area contributed by atoms with Gasteiger partial charge in [0.05, 0.1) is 11.3 Å². The third-order valence-corrected chi connectivity index (χ3v) is 4.32. The Hall–Kier alpha value is -1.62. The van der Waals surface area contributed by atoms with E-state index in [9.17, 15) is 4.79 Å². The number of hydrogen-bond donors (Lipinski definition) is 2. The molecule has 104 valence electrons. The van der Waals surface area contributed by atoms with Crippen LogP contribution in [0.2, 0.25) is 0 Å². The highest BCUT2D eigenvalue weighted by molar-refractivity contribution is 5.99. The number of likely N-dealkylation sites (tertiary alicyclic amines) is 1. The molecule has 0 saturated carbocycles. The van der Waals surface area contributed by atoms with Crippen LogP contribution in [0.5, 0.6) is 0 Å². The summed E-state index contributed by atoms with van der Waals surface area (Å²) in [4.78, 5) is 18.4. The highest BCUT2D eigenvalue weighted by atomic mass is 16.2. The molecule has 1 saturated heterocycles. The molecule has 5 heteroatoms. The van der Waals surface area contributed by atoms with Crippen LogP contribution in [0.1, 0.15) is 43.5 Å². The molecule has 0 unspecified atom stereocenters. The van der Waals surface area contributed by atoms with Gasteiger partial charge < -0.3 is 10.3 Å². The first-order valence-corrected chi connectivity index (χ1v) is 6.79. The van der Waals surface area contributed by atoms with E-state index in [1.807, 2.05) is 4.90 Å². The molecule has 1 amide bonds. The number of carbonyl (C=O) groups is 1. The van der Waals surface area contributed by atoms with Gasteiger partial charge in [-0.3, -0.25) is 15.6 Å². The number of hydrazine groups is 1. The van der Waals surface area contributed by atoms with Crippen molar-refractivity contribution >= 4 is 11.6 Å². The van der Waals surface area contributed by atoms with E-state index in [1.54, 1.807) is 18.5 Å². The Balaban J connectivity index is 2.09. The average Bonchev–Trinajstić information content (AvgIpc) is 2.47. The molecule has 1 aliphatic rings. The number of piperidine rings is 1. The minimum atomic E-state index is 0.0132. The predicted molar refractivity (Wildman–Crippen MR) is 75.6 cm³/mol. The first-order valence-electron chi connectivity index (χ1n) is 6.79. The molecule has 0 aliphatic carbocycles. The Labute approximate surface area is 114 Å². The largest absolute Gasteiger partial charge is 0.338 e. The van der Waals surface area contributed by atoms with Crippen LogP contribution in [0.25, 0.3) is 0 Å². The Kier molecular flexibility index (Phi) is 4.04. The average molecular weight is 262 g/mol. The number of pyridine rings is 1. The third-order valence-electron chi connectivity index (χ3n) is 4.32. The van der Waals surface area contributed by atoms with Crippen LogP contribution in [0, 0.1) is 5.41 Å². The van der Waals surface area contributed by atoms with Crippen molar-refractivity contribution in [2.24, 2.45) is 11.3 Å². The summed E-state index contributed by atoms with van der Waals surface area (Å²) in [6, 6.07) is 1.72. The topological polar surface area (TPSA) is 71.2 Å². The van der Waals surface area contributed by atoms with E-state index in [4.69, 9.17) is 5.84 Å². The number of aromatic nitrogens is 1. The third kappa shape index (κ3) is 2.87. The summed E-state index contributed by atoms with van der Waals surface area (Å²) in [5.41, 5.74) is 4.11. The number of amides is 1. The van der Waals surface area contributed by atoms with Gasteiger partial charge in [-0.05, 0) is 24.3 Å². The van der Waals surface area contributed by atoms with Crippen molar-refractivity contribution in [1.82, 2.24) is 9.88 Å². The van der Waals surface area contributed by atoms with Gasteiger partial charge in [0.25, 0.3) is 5.91 Å². The number of rotatable bonds is 3. The Bertz CT molecular complexity index is 453. The van der Waals surface area contributed by atoms with Crippen LogP contribution in [0.3, 0.4) is 0 Å². The van der Waals surface area contributed by atoms with Crippen LogP contribution in [-0.4, -0.2) is 28.9 Å². The number of hydrogen-bond acceptors (Lipinski definition) is 4. The first kappa shape index (κ1) is 13.8. The van der Waals surface area contributed by atoms with Crippen molar-refractivity contribution in [3.05, 3.63) is 24.0 Å². The maximum atomic E-state index is 12.5. The Morgan fingerprint density at radius 2 is 2.21 bits per heavy atom. The normalized spacial score (nSPS) is 18.2. The van der Waals surface area contributed by atoms with E-state index < -0.39 is 0 Å². The number of nitrogens with one attached hydrogen (secondary N) is 1. The fraction of sp³-hybridized carbons (Fsp3) is 0.571. The fourth-order valence-electron chi connectivity index (χ4n) is 2.46. The molecule has 19 heavy (non-hydrogen) atoms. The van der Waals surface area contributed by atoms with Gasteiger partial charge in [0.2, 0.25) is 0 Å². The lowest BCUT2D eigenvalue weighted by atomic mass is 9.78. The van der Waals surface area contributed by atoms with Crippen LogP contribution >= 0.6 is 0 Å². The Morgan fingerprint density at radius 3 is 2.79 bits per heavy atom. The second-order valence-electron chi connectivity index (χ2n) is 5.52. The van der Waals surface area contributed by atoms with Crippen molar-refractivity contribution in [3.8, 4) is 0 Å². The molecule has 1 aromatic rings. The fourth-order valence-corrected chi connectivity index (χ4v) is 2.46. The molecule has 0 atom stereocenters. The van der Waals surface area contributed by atoms with Crippen LogP contribution < -0.4 is 11.3 Å². The lowest BCUT2D eigenvalue weighted by Gasteiger charge is -2.39. The maximum Gasteiger partial charge on any atom is 0.257 e. The second-order valence-corrected chi connectivity index (χ2v) is 5.52. The number of nitrogens with zero attached hydrogens (tertiary/aromatic N) is 2. The standard InChI is InChI=1S/C14H22N4O/c1-3-14(2)5-8-18(9-6-14)13(19)11-10-16-7-4-12(11)17-15/h4,7,10H,3,5-6,8-9,15H2,1-2H3,(H,16,17). The zero-order chi connectivity index (χ0) is 13.9. The number of nitrogen functional groups attached to an aromatic ring is 1. The number of carbonyl (C=O) groups excluding carboxylic acids is 1. The van der Waals surface area contributed by atoms with E-state index in [1.165, 1.54) is 0 Å². The number of nitrogens with two attached hydrogens (primary N) is 1. The van der Waals surface area contributed by atoms with Gasteiger partial charge in [0, 0.05) is 25.5 Å². The molecular weight excluding hydrogens is 240 g/mol. The molecule has 5 nitrogen and oxygen atoms in total. The summed E-state index contributed by atoms with van der Waals surface area (Å²) in [7, 11) is 0. The van der Waals surface area contributed by atoms with Gasteiger partial charge in [-0.15, -0.1) is 0 Å². The van der Waals surface area contributed by atoms with E-state index in [-0.39, 0.29) is 5.91 Å². The number of anilines is 1. The minimum Gasteiger partial charge on any atom is -0.338 e. The molecule has 1 fully saturated rings. The first-order chi connectivity index (χ1) is 9.09. The van der Waals surface area contributed by atoms with Gasteiger partial charge in [-0.2, -0.15) is 0 Å². The van der Waals surface area contributed by atoms with Crippen LogP contribution in [0.15, 0.2) is 18.5 Å². The zero-order valence-electron chi connectivity index (χ0n) is 11.6. The summed E-state index contributed by atoms with van der Waals surface area (Å²) >= 11 is 0. The van der Waals surface area contributed by atoms with E-state index in [2.05, 4.69) is 24.3 Å². The lowest BCUT2D eigenvalue weighted by molar-refractivity contribution is 0.0601. The van der Waals surface area contributed by atoms with E-state index >= 15 is 0 Å². The molecule has 0 aromatic carbocycles. The molecule has 2 rings (SSSR count). The van der Waals surface area contributed by atoms with Gasteiger partial charge in [-0.25, -0.2) is 0 Å². The van der Waals surface area contributed by atoms with Crippen molar-refractivity contribution in [3.63, 3.8) is 0 Å². The minimum absolute atomic E-state index is 0.0132.